The summed E-state index contributed by atoms with van der Waals surface area (Å²) >= 11 is 1.83. The highest BCUT2D eigenvalue weighted by Crippen LogP contribution is 2.34. The van der Waals surface area contributed by atoms with Gasteiger partial charge in [0, 0.05) is 25.9 Å². The number of carbonyl (C=O) groups excluding carboxylic acids is 1. The maximum atomic E-state index is 12.3. The summed E-state index contributed by atoms with van der Waals surface area (Å²) in [6, 6.07) is 3.90. The Labute approximate surface area is 121 Å². The molecule has 2 aromatic heterocycles. The second kappa shape index (κ2) is 5.70. The zero-order chi connectivity index (χ0) is 13.9. The van der Waals surface area contributed by atoms with Crippen LogP contribution in [0.25, 0.3) is 0 Å². The van der Waals surface area contributed by atoms with E-state index in [1.165, 1.54) is 0 Å². The Morgan fingerprint density at radius 2 is 2.40 bits per heavy atom. The summed E-state index contributed by atoms with van der Waals surface area (Å²) in [6.07, 6.45) is 4.25. The average Bonchev–Trinajstić information content (AvgIpc) is 3.05. The molecule has 1 saturated heterocycles. The van der Waals surface area contributed by atoms with Crippen LogP contribution in [0.1, 0.15) is 27.9 Å². The molecule has 0 N–H and O–H groups in total. The second-order valence-electron chi connectivity index (χ2n) is 4.73. The van der Waals surface area contributed by atoms with Crippen LogP contribution in [0.15, 0.2) is 29.0 Å². The molecule has 7 heteroatoms. The van der Waals surface area contributed by atoms with Gasteiger partial charge in [0.25, 0.3) is 5.91 Å². The molecule has 20 heavy (non-hydrogen) atoms. The van der Waals surface area contributed by atoms with E-state index >= 15 is 0 Å². The monoisotopic (exact) mass is 292 g/mol. The summed E-state index contributed by atoms with van der Waals surface area (Å²) in [7, 11) is 1.76. The van der Waals surface area contributed by atoms with E-state index in [-0.39, 0.29) is 5.91 Å². The van der Waals surface area contributed by atoms with Crippen molar-refractivity contribution >= 4 is 17.7 Å². The number of furan rings is 1. The van der Waals surface area contributed by atoms with E-state index in [0.717, 1.165) is 24.5 Å². The highest BCUT2D eigenvalue weighted by Gasteiger charge is 2.25. The Bertz CT molecular complexity index is 581. The highest BCUT2D eigenvalue weighted by molar-refractivity contribution is 7.99. The molecule has 0 bridgehead atoms. The first-order valence-corrected chi connectivity index (χ1v) is 7.59. The predicted molar refractivity (Wildman–Crippen MR) is 75.4 cm³/mol. The molecule has 106 valence electrons. The van der Waals surface area contributed by atoms with Crippen molar-refractivity contribution in [1.82, 2.24) is 19.9 Å². The minimum absolute atomic E-state index is 0.0428. The maximum Gasteiger partial charge on any atom is 0.276 e. The van der Waals surface area contributed by atoms with Crippen LogP contribution < -0.4 is 0 Å². The van der Waals surface area contributed by atoms with Gasteiger partial charge in [0.05, 0.1) is 17.7 Å². The third-order valence-electron chi connectivity index (χ3n) is 3.31. The average molecular weight is 292 g/mol. The minimum Gasteiger partial charge on any atom is -0.468 e. The minimum atomic E-state index is -0.0428. The number of hydrogen-bond donors (Lipinski definition) is 0. The van der Waals surface area contributed by atoms with Gasteiger partial charge in [-0.15, -0.1) is 16.9 Å². The Kier molecular flexibility index (Phi) is 3.77. The lowest BCUT2D eigenvalue weighted by atomic mass is 10.2. The van der Waals surface area contributed by atoms with Crippen LogP contribution in [0.2, 0.25) is 0 Å². The normalized spacial score (nSPS) is 19.9. The van der Waals surface area contributed by atoms with Gasteiger partial charge in [-0.25, -0.2) is 0 Å². The quantitative estimate of drug-likeness (QED) is 0.843. The first-order valence-electron chi connectivity index (χ1n) is 6.54. The summed E-state index contributed by atoms with van der Waals surface area (Å²) in [5, 5.41) is 8.02. The fourth-order valence-corrected chi connectivity index (χ4v) is 3.46. The molecule has 0 radical (unpaired) electrons. The fraction of sp³-hybridized carbons (Fsp3) is 0.462. The zero-order valence-corrected chi connectivity index (χ0v) is 12.0. The smallest absolute Gasteiger partial charge is 0.276 e. The zero-order valence-electron chi connectivity index (χ0n) is 11.2. The van der Waals surface area contributed by atoms with E-state index in [0.29, 0.717) is 17.5 Å². The summed E-state index contributed by atoms with van der Waals surface area (Å²) in [5.74, 6) is 1.85. The Hall–Kier alpha value is -1.76. The lowest BCUT2D eigenvalue weighted by Crippen LogP contribution is -2.33. The summed E-state index contributed by atoms with van der Waals surface area (Å²) in [5.41, 5.74) is 0.411. The van der Waals surface area contributed by atoms with Gasteiger partial charge in [0.1, 0.15) is 5.76 Å². The molecule has 0 saturated carbocycles. The van der Waals surface area contributed by atoms with Gasteiger partial charge >= 0.3 is 0 Å². The Morgan fingerprint density at radius 1 is 1.50 bits per heavy atom. The van der Waals surface area contributed by atoms with Gasteiger partial charge in [-0.2, -0.15) is 0 Å². The van der Waals surface area contributed by atoms with Crippen molar-refractivity contribution in [2.75, 3.05) is 18.8 Å². The van der Waals surface area contributed by atoms with E-state index < -0.39 is 0 Å². The van der Waals surface area contributed by atoms with Crippen molar-refractivity contribution in [2.24, 2.45) is 7.05 Å². The molecule has 3 heterocycles. The first-order chi connectivity index (χ1) is 9.74. The van der Waals surface area contributed by atoms with Gasteiger partial charge in [0.15, 0.2) is 5.69 Å². The molecule has 0 spiro atoms. The summed E-state index contributed by atoms with van der Waals surface area (Å²) in [6.45, 7) is 1.45. The van der Waals surface area contributed by atoms with Gasteiger partial charge in [-0.1, -0.05) is 5.21 Å². The van der Waals surface area contributed by atoms with Crippen molar-refractivity contribution in [3.8, 4) is 0 Å². The first kappa shape index (κ1) is 13.2. The molecule has 3 rings (SSSR count). The van der Waals surface area contributed by atoms with Gasteiger partial charge in [0.2, 0.25) is 0 Å². The molecule has 2 aromatic rings. The molecule has 1 atom stereocenters. The van der Waals surface area contributed by atoms with E-state index in [1.807, 2.05) is 28.8 Å². The van der Waals surface area contributed by atoms with E-state index in [2.05, 4.69) is 10.3 Å². The van der Waals surface area contributed by atoms with Crippen molar-refractivity contribution in [2.45, 2.75) is 11.7 Å². The van der Waals surface area contributed by atoms with Crippen molar-refractivity contribution in [3.63, 3.8) is 0 Å². The van der Waals surface area contributed by atoms with Gasteiger partial charge in [-0.3, -0.25) is 9.48 Å². The molecular formula is C13H16N4O2S. The highest BCUT2D eigenvalue weighted by atomic mass is 32.2. The van der Waals surface area contributed by atoms with Crippen molar-refractivity contribution in [3.05, 3.63) is 36.0 Å². The molecule has 1 fully saturated rings. The number of hydrogen-bond acceptors (Lipinski definition) is 5. The van der Waals surface area contributed by atoms with Crippen LogP contribution in [0.5, 0.6) is 0 Å². The van der Waals surface area contributed by atoms with Crippen molar-refractivity contribution in [1.29, 1.82) is 0 Å². The third-order valence-corrected chi connectivity index (χ3v) is 4.60. The van der Waals surface area contributed by atoms with E-state index in [1.54, 1.807) is 24.2 Å². The van der Waals surface area contributed by atoms with Crippen LogP contribution in [0.4, 0.5) is 0 Å². The Balaban J connectivity index is 1.66. The second-order valence-corrected chi connectivity index (χ2v) is 6.04. The standard InChI is InChI=1S/C13H16N4O2S/c1-16-9-10(14-15-16)13(18)17-5-4-12(20-8-6-17)11-3-2-7-19-11/h2-3,7,9,12H,4-6,8H2,1H3. The van der Waals surface area contributed by atoms with Crippen LogP contribution in [0, 0.1) is 0 Å². The van der Waals surface area contributed by atoms with Crippen LogP contribution in [-0.4, -0.2) is 44.6 Å². The molecule has 1 aliphatic heterocycles. The molecule has 6 nitrogen and oxygen atoms in total. The topological polar surface area (TPSA) is 64.2 Å². The summed E-state index contributed by atoms with van der Waals surface area (Å²) < 4.78 is 7.01. The number of rotatable bonds is 2. The number of aromatic nitrogens is 3. The third kappa shape index (κ3) is 2.72. The summed E-state index contributed by atoms with van der Waals surface area (Å²) in [4.78, 5) is 14.2. The lowest BCUT2D eigenvalue weighted by molar-refractivity contribution is 0.0760. The number of thioether (sulfide) groups is 1. The fourth-order valence-electron chi connectivity index (χ4n) is 2.28. The largest absolute Gasteiger partial charge is 0.468 e. The van der Waals surface area contributed by atoms with Crippen molar-refractivity contribution < 1.29 is 9.21 Å². The molecule has 1 amide bonds. The molecule has 0 aromatic carbocycles. The van der Waals surface area contributed by atoms with Gasteiger partial charge in [-0.05, 0) is 18.6 Å². The Morgan fingerprint density at radius 3 is 3.10 bits per heavy atom. The predicted octanol–water partition coefficient (Wildman–Crippen LogP) is 1.73. The van der Waals surface area contributed by atoms with E-state index in [9.17, 15) is 4.79 Å². The molecule has 1 unspecified atom stereocenters. The SMILES string of the molecule is Cn1cc(C(=O)N2CCSC(c3ccco3)CC2)nn1. The van der Waals surface area contributed by atoms with E-state index in [4.69, 9.17) is 4.42 Å². The maximum absolute atomic E-state index is 12.3. The molecule has 0 aliphatic carbocycles. The van der Waals surface area contributed by atoms with Gasteiger partial charge < -0.3 is 9.32 Å². The number of amides is 1. The molecular weight excluding hydrogens is 276 g/mol. The number of carbonyl (C=O) groups is 1. The lowest BCUT2D eigenvalue weighted by Gasteiger charge is -2.18. The number of aryl methyl sites for hydroxylation is 1. The van der Waals surface area contributed by atoms with Crippen LogP contribution in [0.3, 0.4) is 0 Å². The molecule has 1 aliphatic rings. The van der Waals surface area contributed by atoms with Crippen LogP contribution >= 0.6 is 11.8 Å². The number of nitrogens with zero attached hydrogens (tertiary/aromatic N) is 4. The van der Waals surface area contributed by atoms with Crippen LogP contribution in [-0.2, 0) is 7.05 Å².